The molecular formula is C21H38IN5O. The standard InChI is InChI=1S/C21H37N5O.HI/c1-17-7-9-18(10-8-17)19(25(5)6)15-23-20(22-4)24-16-21(2,3)26-11-13-27-14-12-26;/h7-10,19H,11-16H2,1-6H3,(H2,22,23,24);1H. The zero-order valence-electron chi connectivity index (χ0n) is 18.3. The van der Waals surface area contributed by atoms with Gasteiger partial charge in [0.2, 0.25) is 0 Å². The van der Waals surface area contributed by atoms with Crippen LogP contribution in [0.3, 0.4) is 0 Å². The number of guanidine groups is 1. The molecule has 28 heavy (non-hydrogen) atoms. The van der Waals surface area contributed by atoms with Crippen molar-refractivity contribution >= 4 is 29.9 Å². The highest BCUT2D eigenvalue weighted by Crippen LogP contribution is 2.18. The maximum absolute atomic E-state index is 5.48. The predicted octanol–water partition coefficient (Wildman–Crippen LogP) is 2.49. The molecule has 1 aromatic rings. The maximum Gasteiger partial charge on any atom is 0.191 e. The Bertz CT molecular complexity index is 597. The van der Waals surface area contributed by atoms with E-state index in [2.05, 4.69) is 84.6 Å². The van der Waals surface area contributed by atoms with Gasteiger partial charge in [-0.05, 0) is 40.4 Å². The minimum atomic E-state index is 0. The Morgan fingerprint density at radius 2 is 1.79 bits per heavy atom. The molecule has 1 aromatic carbocycles. The van der Waals surface area contributed by atoms with Crippen LogP contribution in [0.25, 0.3) is 0 Å². The summed E-state index contributed by atoms with van der Waals surface area (Å²) in [6.07, 6.45) is 0. The van der Waals surface area contributed by atoms with Crippen molar-refractivity contribution in [1.82, 2.24) is 20.4 Å². The van der Waals surface area contributed by atoms with Crippen LogP contribution in [0.1, 0.15) is 31.0 Å². The fourth-order valence-electron chi connectivity index (χ4n) is 3.38. The van der Waals surface area contributed by atoms with Gasteiger partial charge in [-0.2, -0.15) is 0 Å². The van der Waals surface area contributed by atoms with E-state index in [0.717, 1.165) is 45.4 Å². The normalized spacial score (nSPS) is 17.2. The van der Waals surface area contributed by atoms with Gasteiger partial charge in [-0.3, -0.25) is 9.89 Å². The lowest BCUT2D eigenvalue weighted by atomic mass is 10.0. The number of hydrogen-bond donors (Lipinski definition) is 2. The average molecular weight is 503 g/mol. The Hall–Kier alpha value is -0.900. The van der Waals surface area contributed by atoms with Crippen LogP contribution in [0.2, 0.25) is 0 Å². The monoisotopic (exact) mass is 503 g/mol. The molecule has 0 aromatic heterocycles. The van der Waals surface area contributed by atoms with E-state index in [1.54, 1.807) is 0 Å². The lowest BCUT2D eigenvalue weighted by Crippen LogP contribution is -2.56. The summed E-state index contributed by atoms with van der Waals surface area (Å²) in [4.78, 5) is 9.12. The fourth-order valence-corrected chi connectivity index (χ4v) is 3.38. The SMILES string of the molecule is CN=C(NCC(c1ccc(C)cc1)N(C)C)NCC(C)(C)N1CCOCC1.I. The molecule has 1 atom stereocenters. The number of hydrogen-bond acceptors (Lipinski definition) is 4. The number of rotatable bonds is 7. The zero-order chi connectivity index (χ0) is 19.9. The summed E-state index contributed by atoms with van der Waals surface area (Å²) >= 11 is 0. The van der Waals surface area contributed by atoms with Crippen LogP contribution in [0.4, 0.5) is 0 Å². The lowest BCUT2D eigenvalue weighted by molar-refractivity contribution is -0.00834. The summed E-state index contributed by atoms with van der Waals surface area (Å²) in [5, 5.41) is 6.99. The first-order valence-corrected chi connectivity index (χ1v) is 9.84. The second-order valence-corrected chi connectivity index (χ2v) is 8.11. The van der Waals surface area contributed by atoms with E-state index >= 15 is 0 Å². The molecule has 1 fully saturated rings. The van der Waals surface area contributed by atoms with E-state index in [9.17, 15) is 0 Å². The summed E-state index contributed by atoms with van der Waals surface area (Å²) < 4.78 is 5.48. The van der Waals surface area contributed by atoms with Crippen molar-refractivity contribution in [2.75, 3.05) is 60.5 Å². The predicted molar refractivity (Wildman–Crippen MR) is 129 cm³/mol. The first-order chi connectivity index (χ1) is 12.8. The Morgan fingerprint density at radius 1 is 1.18 bits per heavy atom. The molecule has 0 amide bonds. The zero-order valence-corrected chi connectivity index (χ0v) is 20.6. The summed E-state index contributed by atoms with van der Waals surface area (Å²) in [5.41, 5.74) is 2.65. The minimum absolute atomic E-state index is 0. The van der Waals surface area contributed by atoms with Gasteiger partial charge in [-0.1, -0.05) is 29.8 Å². The van der Waals surface area contributed by atoms with Crippen LogP contribution in [0.15, 0.2) is 29.3 Å². The Morgan fingerprint density at radius 3 is 2.32 bits per heavy atom. The first-order valence-electron chi connectivity index (χ1n) is 9.84. The number of aryl methyl sites for hydroxylation is 1. The second-order valence-electron chi connectivity index (χ2n) is 8.11. The number of nitrogens with zero attached hydrogens (tertiary/aromatic N) is 3. The fraction of sp³-hybridized carbons (Fsp3) is 0.667. The van der Waals surface area contributed by atoms with E-state index in [1.165, 1.54) is 11.1 Å². The number of aliphatic imine (C=N–C) groups is 1. The van der Waals surface area contributed by atoms with Crippen LogP contribution in [0, 0.1) is 6.92 Å². The summed E-state index contributed by atoms with van der Waals surface area (Å²) in [6, 6.07) is 9.04. The van der Waals surface area contributed by atoms with Gasteiger partial charge in [0.25, 0.3) is 0 Å². The third-order valence-corrected chi connectivity index (χ3v) is 5.33. The molecule has 1 unspecified atom stereocenters. The van der Waals surface area contributed by atoms with Gasteiger partial charge in [-0.15, -0.1) is 24.0 Å². The molecule has 0 spiro atoms. The van der Waals surface area contributed by atoms with Crippen LogP contribution in [-0.2, 0) is 4.74 Å². The van der Waals surface area contributed by atoms with Crippen molar-refractivity contribution in [3.63, 3.8) is 0 Å². The summed E-state index contributed by atoms with van der Waals surface area (Å²) in [6.45, 7) is 11.9. The van der Waals surface area contributed by atoms with Crippen LogP contribution in [-0.4, -0.2) is 81.8 Å². The molecule has 6 nitrogen and oxygen atoms in total. The molecule has 0 aliphatic carbocycles. The van der Waals surface area contributed by atoms with Crippen molar-refractivity contribution < 1.29 is 4.74 Å². The highest BCUT2D eigenvalue weighted by atomic mass is 127. The van der Waals surface area contributed by atoms with E-state index in [1.807, 2.05) is 7.05 Å². The molecule has 0 bridgehead atoms. The highest BCUT2D eigenvalue weighted by molar-refractivity contribution is 14.0. The molecule has 1 saturated heterocycles. The summed E-state index contributed by atoms with van der Waals surface area (Å²) in [5.74, 6) is 0.843. The summed E-state index contributed by atoms with van der Waals surface area (Å²) in [7, 11) is 6.06. The number of ether oxygens (including phenoxy) is 1. The van der Waals surface area contributed by atoms with Gasteiger partial charge in [0.1, 0.15) is 0 Å². The molecule has 1 heterocycles. The number of likely N-dealkylation sites (N-methyl/N-ethyl adjacent to an activating group) is 1. The lowest BCUT2D eigenvalue weighted by Gasteiger charge is -2.41. The van der Waals surface area contributed by atoms with Gasteiger partial charge in [0.15, 0.2) is 5.96 Å². The van der Waals surface area contributed by atoms with Crippen molar-refractivity contribution in [3.05, 3.63) is 35.4 Å². The molecule has 7 heteroatoms. The molecule has 160 valence electrons. The molecule has 0 saturated carbocycles. The highest BCUT2D eigenvalue weighted by Gasteiger charge is 2.28. The maximum atomic E-state index is 5.48. The second kappa shape index (κ2) is 11.9. The number of halogens is 1. The molecule has 1 aliphatic heterocycles. The van der Waals surface area contributed by atoms with Gasteiger partial charge in [-0.25, -0.2) is 0 Å². The molecule has 1 aliphatic rings. The van der Waals surface area contributed by atoms with Crippen molar-refractivity contribution in [1.29, 1.82) is 0 Å². The Balaban J connectivity index is 0.00000392. The van der Waals surface area contributed by atoms with E-state index in [-0.39, 0.29) is 35.6 Å². The van der Waals surface area contributed by atoms with E-state index in [4.69, 9.17) is 4.74 Å². The number of benzene rings is 1. The van der Waals surface area contributed by atoms with Crippen LogP contribution >= 0.6 is 24.0 Å². The van der Waals surface area contributed by atoms with Crippen LogP contribution in [0.5, 0.6) is 0 Å². The van der Waals surface area contributed by atoms with E-state index < -0.39 is 0 Å². The topological polar surface area (TPSA) is 52.1 Å². The number of morpholine rings is 1. The van der Waals surface area contributed by atoms with Crippen LogP contribution < -0.4 is 10.6 Å². The minimum Gasteiger partial charge on any atom is -0.379 e. The molecule has 2 rings (SSSR count). The Kier molecular flexibility index (Phi) is 10.7. The number of nitrogens with one attached hydrogen (secondary N) is 2. The Labute approximate surface area is 188 Å². The van der Waals surface area contributed by atoms with E-state index in [0.29, 0.717) is 0 Å². The van der Waals surface area contributed by atoms with Gasteiger partial charge in [0, 0.05) is 38.8 Å². The van der Waals surface area contributed by atoms with Crippen molar-refractivity contribution in [3.8, 4) is 0 Å². The largest absolute Gasteiger partial charge is 0.379 e. The average Bonchev–Trinajstić information content (AvgIpc) is 2.66. The van der Waals surface area contributed by atoms with Gasteiger partial charge >= 0.3 is 0 Å². The van der Waals surface area contributed by atoms with Gasteiger partial charge in [0.05, 0.1) is 19.3 Å². The first kappa shape index (κ1) is 25.1. The van der Waals surface area contributed by atoms with Crippen molar-refractivity contribution in [2.45, 2.75) is 32.4 Å². The smallest absolute Gasteiger partial charge is 0.191 e. The van der Waals surface area contributed by atoms with Gasteiger partial charge < -0.3 is 20.3 Å². The molecule has 2 N–H and O–H groups in total. The quantitative estimate of drug-likeness (QED) is 0.340. The third kappa shape index (κ3) is 7.50. The molecular weight excluding hydrogens is 465 g/mol. The van der Waals surface area contributed by atoms with Crippen molar-refractivity contribution in [2.24, 2.45) is 4.99 Å². The third-order valence-electron chi connectivity index (χ3n) is 5.33. The molecule has 0 radical (unpaired) electrons.